The number of aromatic nitrogens is 1. The smallest absolute Gasteiger partial charge is 0.132 e. The van der Waals surface area contributed by atoms with E-state index in [0.717, 1.165) is 36.6 Å². The lowest BCUT2D eigenvalue weighted by atomic mass is 10.2. The van der Waals surface area contributed by atoms with Crippen LogP contribution in [0.4, 0.5) is 5.69 Å². The van der Waals surface area contributed by atoms with Gasteiger partial charge in [0.05, 0.1) is 18.5 Å². The largest absolute Gasteiger partial charge is 0.494 e. The quantitative estimate of drug-likeness (QED) is 0.798. The Hall–Kier alpha value is -1.74. The molecule has 3 nitrogen and oxygen atoms in total. The van der Waals surface area contributed by atoms with Crippen LogP contribution in [0.5, 0.6) is 5.75 Å². The molecule has 20 heavy (non-hydrogen) atoms. The topological polar surface area (TPSA) is 34.1 Å². The molecule has 0 unspecified atom stereocenters. The average molecular weight is 291 g/mol. The summed E-state index contributed by atoms with van der Waals surface area (Å²) in [6.07, 6.45) is 2.75. The third kappa shape index (κ3) is 4.14. The molecule has 2 aromatic rings. The average Bonchev–Trinajstić information content (AvgIpc) is 2.47. The van der Waals surface area contributed by atoms with E-state index in [4.69, 9.17) is 16.3 Å². The van der Waals surface area contributed by atoms with E-state index in [2.05, 4.69) is 29.4 Å². The van der Waals surface area contributed by atoms with E-state index in [9.17, 15) is 0 Å². The summed E-state index contributed by atoms with van der Waals surface area (Å²) in [4.78, 5) is 4.13. The highest BCUT2D eigenvalue weighted by molar-refractivity contribution is 6.30. The summed E-state index contributed by atoms with van der Waals surface area (Å²) in [5.41, 5.74) is 3.11. The van der Waals surface area contributed by atoms with Crippen LogP contribution in [-0.4, -0.2) is 11.6 Å². The number of benzene rings is 1. The van der Waals surface area contributed by atoms with Gasteiger partial charge in [-0.2, -0.15) is 0 Å². The van der Waals surface area contributed by atoms with Crippen molar-refractivity contribution < 1.29 is 4.74 Å². The zero-order valence-corrected chi connectivity index (χ0v) is 12.6. The Bertz CT molecular complexity index is 572. The number of ether oxygens (including phenoxy) is 1. The highest BCUT2D eigenvalue weighted by Crippen LogP contribution is 2.18. The fourth-order valence-corrected chi connectivity index (χ4v) is 1.93. The molecule has 0 radical (unpaired) electrons. The first-order chi connectivity index (χ1) is 9.69. The fourth-order valence-electron chi connectivity index (χ4n) is 1.82. The van der Waals surface area contributed by atoms with Crippen LogP contribution in [0, 0.1) is 6.92 Å². The molecule has 1 aromatic heterocycles. The summed E-state index contributed by atoms with van der Waals surface area (Å²) in [5.74, 6) is 0.913. The molecule has 0 amide bonds. The summed E-state index contributed by atoms with van der Waals surface area (Å²) in [6, 6.07) is 10.1. The van der Waals surface area contributed by atoms with Crippen molar-refractivity contribution in [3.05, 3.63) is 52.8 Å². The third-order valence-electron chi connectivity index (χ3n) is 2.88. The van der Waals surface area contributed by atoms with Gasteiger partial charge in [0.15, 0.2) is 0 Å². The van der Waals surface area contributed by atoms with Crippen molar-refractivity contribution in [2.45, 2.75) is 26.8 Å². The zero-order chi connectivity index (χ0) is 14.4. The molecule has 0 aliphatic rings. The predicted molar refractivity (Wildman–Crippen MR) is 83.5 cm³/mol. The highest BCUT2D eigenvalue weighted by atomic mass is 35.5. The van der Waals surface area contributed by atoms with Gasteiger partial charge in [0.25, 0.3) is 0 Å². The van der Waals surface area contributed by atoms with E-state index in [-0.39, 0.29) is 0 Å². The lowest BCUT2D eigenvalue weighted by Gasteiger charge is -2.09. The molecule has 2 rings (SSSR count). The van der Waals surface area contributed by atoms with Crippen LogP contribution in [-0.2, 0) is 6.54 Å². The van der Waals surface area contributed by atoms with Gasteiger partial charge in [-0.3, -0.25) is 0 Å². The van der Waals surface area contributed by atoms with Gasteiger partial charge >= 0.3 is 0 Å². The summed E-state index contributed by atoms with van der Waals surface area (Å²) >= 11 is 5.91. The van der Waals surface area contributed by atoms with Gasteiger partial charge in [-0.15, -0.1) is 0 Å². The van der Waals surface area contributed by atoms with Gasteiger partial charge in [0.2, 0.25) is 0 Å². The summed E-state index contributed by atoms with van der Waals surface area (Å²) in [7, 11) is 0. The van der Waals surface area contributed by atoms with Crippen LogP contribution >= 0.6 is 11.6 Å². The second-order valence-electron chi connectivity index (χ2n) is 4.68. The SMILES string of the molecule is CCCOc1cccc(CNc2cnc(Cl)c(C)c2)c1. The molecular weight excluding hydrogens is 272 g/mol. The van der Waals surface area contributed by atoms with Crippen molar-refractivity contribution in [1.82, 2.24) is 4.98 Å². The maximum atomic E-state index is 5.91. The maximum Gasteiger partial charge on any atom is 0.132 e. The molecule has 0 atom stereocenters. The highest BCUT2D eigenvalue weighted by Gasteiger charge is 2.00. The Morgan fingerprint density at radius 2 is 2.15 bits per heavy atom. The molecule has 1 N–H and O–H groups in total. The summed E-state index contributed by atoms with van der Waals surface area (Å²) < 4.78 is 5.63. The van der Waals surface area contributed by atoms with E-state index in [0.29, 0.717) is 5.15 Å². The predicted octanol–water partition coefficient (Wildman–Crippen LogP) is 4.44. The van der Waals surface area contributed by atoms with Gasteiger partial charge in [-0.1, -0.05) is 30.7 Å². The van der Waals surface area contributed by atoms with Gasteiger partial charge in [0.1, 0.15) is 10.9 Å². The van der Waals surface area contributed by atoms with E-state index < -0.39 is 0 Å². The van der Waals surface area contributed by atoms with Crippen molar-refractivity contribution in [3.8, 4) is 5.75 Å². The lowest BCUT2D eigenvalue weighted by molar-refractivity contribution is 0.317. The van der Waals surface area contributed by atoms with E-state index >= 15 is 0 Å². The second kappa shape index (κ2) is 7.15. The molecular formula is C16H19ClN2O. The van der Waals surface area contributed by atoms with Gasteiger partial charge in [0, 0.05) is 6.54 Å². The molecule has 0 aliphatic carbocycles. The number of anilines is 1. The van der Waals surface area contributed by atoms with Crippen LogP contribution in [0.25, 0.3) is 0 Å². The summed E-state index contributed by atoms with van der Waals surface area (Å²) in [6.45, 7) is 5.52. The first-order valence-corrected chi connectivity index (χ1v) is 7.14. The van der Waals surface area contributed by atoms with E-state index in [1.54, 1.807) is 6.20 Å². The molecule has 1 heterocycles. The summed E-state index contributed by atoms with van der Waals surface area (Å²) in [5, 5.41) is 3.88. The Morgan fingerprint density at radius 1 is 1.30 bits per heavy atom. The first kappa shape index (κ1) is 14.7. The molecule has 0 saturated carbocycles. The van der Waals surface area contributed by atoms with Gasteiger partial charge in [-0.25, -0.2) is 4.98 Å². The Kier molecular flexibility index (Phi) is 5.24. The van der Waals surface area contributed by atoms with Crippen LogP contribution in [0.15, 0.2) is 36.5 Å². The van der Waals surface area contributed by atoms with Crippen LogP contribution in [0.3, 0.4) is 0 Å². The fraction of sp³-hybridized carbons (Fsp3) is 0.312. The minimum absolute atomic E-state index is 0.547. The van der Waals surface area contributed by atoms with Gasteiger partial charge < -0.3 is 10.1 Å². The monoisotopic (exact) mass is 290 g/mol. The van der Waals surface area contributed by atoms with Crippen LogP contribution in [0.1, 0.15) is 24.5 Å². The number of hydrogen-bond donors (Lipinski definition) is 1. The van der Waals surface area contributed by atoms with Crippen molar-refractivity contribution in [2.24, 2.45) is 0 Å². The minimum Gasteiger partial charge on any atom is -0.494 e. The molecule has 4 heteroatoms. The number of pyridine rings is 1. The number of halogens is 1. The Balaban J connectivity index is 1.97. The van der Waals surface area contributed by atoms with Gasteiger partial charge in [-0.05, 0) is 42.7 Å². The van der Waals surface area contributed by atoms with Crippen molar-refractivity contribution in [3.63, 3.8) is 0 Å². The zero-order valence-electron chi connectivity index (χ0n) is 11.8. The normalized spacial score (nSPS) is 10.3. The van der Waals surface area contributed by atoms with Crippen molar-refractivity contribution in [2.75, 3.05) is 11.9 Å². The lowest BCUT2D eigenvalue weighted by Crippen LogP contribution is -2.01. The Morgan fingerprint density at radius 3 is 2.90 bits per heavy atom. The number of nitrogens with zero attached hydrogens (tertiary/aromatic N) is 1. The molecule has 0 saturated heterocycles. The molecule has 106 valence electrons. The molecule has 0 aliphatic heterocycles. The molecule has 0 fully saturated rings. The number of hydrogen-bond acceptors (Lipinski definition) is 3. The molecule has 1 aromatic carbocycles. The number of rotatable bonds is 6. The van der Waals surface area contributed by atoms with Crippen molar-refractivity contribution >= 4 is 17.3 Å². The second-order valence-corrected chi connectivity index (χ2v) is 5.04. The van der Waals surface area contributed by atoms with Crippen molar-refractivity contribution in [1.29, 1.82) is 0 Å². The Labute approximate surface area is 124 Å². The number of aryl methyl sites for hydroxylation is 1. The van der Waals surface area contributed by atoms with E-state index in [1.165, 1.54) is 5.56 Å². The number of nitrogens with one attached hydrogen (secondary N) is 1. The van der Waals surface area contributed by atoms with Crippen LogP contribution in [0.2, 0.25) is 5.15 Å². The maximum absolute atomic E-state index is 5.91. The third-order valence-corrected chi connectivity index (χ3v) is 3.28. The first-order valence-electron chi connectivity index (χ1n) is 6.77. The molecule has 0 spiro atoms. The standard InChI is InChI=1S/C16H19ClN2O/c1-3-7-20-15-6-4-5-13(9-15)10-18-14-8-12(2)16(17)19-11-14/h4-6,8-9,11,18H,3,7,10H2,1-2H3. The van der Waals surface area contributed by atoms with Crippen LogP contribution < -0.4 is 10.1 Å². The van der Waals surface area contributed by atoms with E-state index in [1.807, 2.05) is 25.1 Å². The molecule has 0 bridgehead atoms. The minimum atomic E-state index is 0.547.